The molecule has 130 valence electrons. The third-order valence-electron chi connectivity index (χ3n) is 3.81. The smallest absolute Gasteiger partial charge is 0.191 e. The maximum Gasteiger partial charge on any atom is 0.191 e. The van der Waals surface area contributed by atoms with Gasteiger partial charge in [-0.2, -0.15) is 5.10 Å². The number of nitrogens with zero attached hydrogens (tertiary/aromatic N) is 5. The predicted octanol–water partition coefficient (Wildman–Crippen LogP) is 1.49. The Morgan fingerprint density at radius 3 is 2.72 bits per heavy atom. The Balaban J connectivity index is 1.47. The summed E-state index contributed by atoms with van der Waals surface area (Å²) in [6.45, 7) is 3.16. The van der Waals surface area contributed by atoms with Crippen molar-refractivity contribution in [1.82, 2.24) is 30.0 Å². The monoisotopic (exact) mass is 337 g/mol. The Hall–Kier alpha value is -3.09. The third-order valence-corrected chi connectivity index (χ3v) is 3.81. The maximum atomic E-state index is 4.27. The zero-order valence-electron chi connectivity index (χ0n) is 14.3. The average molecular weight is 337 g/mol. The van der Waals surface area contributed by atoms with Gasteiger partial charge in [-0.1, -0.05) is 24.3 Å². The van der Waals surface area contributed by atoms with Crippen molar-refractivity contribution >= 4 is 5.96 Å². The van der Waals surface area contributed by atoms with Gasteiger partial charge < -0.3 is 15.2 Å². The van der Waals surface area contributed by atoms with Gasteiger partial charge in [-0.05, 0) is 23.3 Å². The van der Waals surface area contributed by atoms with Gasteiger partial charge in [-0.25, -0.2) is 9.67 Å². The van der Waals surface area contributed by atoms with Crippen LogP contribution >= 0.6 is 0 Å². The molecule has 0 bridgehead atoms. The van der Waals surface area contributed by atoms with Crippen LogP contribution < -0.4 is 10.6 Å². The summed E-state index contributed by atoms with van der Waals surface area (Å²) in [5.74, 6) is 0.800. The SMILES string of the molecule is CN=C(NCCn1cccc1)NCc1cccc(Cn2cncn2)c1. The van der Waals surface area contributed by atoms with Crippen LogP contribution in [-0.2, 0) is 19.6 Å². The van der Waals surface area contributed by atoms with Gasteiger partial charge in [-0.15, -0.1) is 0 Å². The average Bonchev–Trinajstić information content (AvgIpc) is 3.32. The number of aromatic nitrogens is 4. The highest BCUT2D eigenvalue weighted by Crippen LogP contribution is 2.06. The molecule has 2 N–H and O–H groups in total. The Kier molecular flexibility index (Phi) is 5.82. The van der Waals surface area contributed by atoms with E-state index in [9.17, 15) is 0 Å². The molecule has 0 saturated carbocycles. The summed E-state index contributed by atoms with van der Waals surface area (Å²) in [5, 5.41) is 10.8. The van der Waals surface area contributed by atoms with Crippen LogP contribution in [0.2, 0.25) is 0 Å². The summed E-state index contributed by atoms with van der Waals surface area (Å²) in [6, 6.07) is 12.5. The van der Waals surface area contributed by atoms with Gasteiger partial charge in [0.2, 0.25) is 0 Å². The summed E-state index contributed by atoms with van der Waals surface area (Å²) < 4.78 is 3.95. The van der Waals surface area contributed by atoms with Gasteiger partial charge in [0.1, 0.15) is 12.7 Å². The second kappa shape index (κ2) is 8.68. The molecule has 0 aliphatic carbocycles. The molecule has 0 fully saturated rings. The fraction of sp³-hybridized carbons (Fsp3) is 0.278. The Bertz CT molecular complexity index is 776. The molecule has 3 rings (SSSR count). The van der Waals surface area contributed by atoms with Crippen molar-refractivity contribution < 1.29 is 0 Å². The van der Waals surface area contributed by atoms with Gasteiger partial charge in [-0.3, -0.25) is 4.99 Å². The molecule has 0 spiro atoms. The molecule has 1 aromatic carbocycles. The molecule has 2 aromatic heterocycles. The summed E-state index contributed by atoms with van der Waals surface area (Å²) in [6.07, 6.45) is 7.38. The number of benzene rings is 1. The minimum atomic E-state index is 0.717. The van der Waals surface area contributed by atoms with E-state index < -0.39 is 0 Å². The normalized spacial score (nSPS) is 11.5. The lowest BCUT2D eigenvalue weighted by Crippen LogP contribution is -2.38. The van der Waals surface area contributed by atoms with Crippen molar-refractivity contribution in [3.8, 4) is 0 Å². The van der Waals surface area contributed by atoms with Gasteiger partial charge in [0.05, 0.1) is 6.54 Å². The number of aliphatic imine (C=N–C) groups is 1. The van der Waals surface area contributed by atoms with Crippen molar-refractivity contribution in [2.75, 3.05) is 13.6 Å². The van der Waals surface area contributed by atoms with Crippen molar-refractivity contribution in [3.05, 3.63) is 72.6 Å². The highest BCUT2D eigenvalue weighted by molar-refractivity contribution is 5.79. The van der Waals surface area contributed by atoms with Crippen LogP contribution in [0.5, 0.6) is 0 Å². The number of hydrogen-bond donors (Lipinski definition) is 2. The van der Waals surface area contributed by atoms with E-state index in [1.165, 1.54) is 11.1 Å². The second-order valence-electron chi connectivity index (χ2n) is 5.69. The van der Waals surface area contributed by atoms with E-state index >= 15 is 0 Å². The van der Waals surface area contributed by atoms with E-state index in [1.54, 1.807) is 19.7 Å². The zero-order valence-corrected chi connectivity index (χ0v) is 14.3. The lowest BCUT2D eigenvalue weighted by atomic mass is 10.1. The lowest BCUT2D eigenvalue weighted by molar-refractivity contribution is 0.665. The summed E-state index contributed by atoms with van der Waals surface area (Å²) in [7, 11) is 1.78. The first kappa shape index (κ1) is 16.8. The second-order valence-corrected chi connectivity index (χ2v) is 5.69. The molecule has 0 atom stereocenters. The molecule has 0 unspecified atom stereocenters. The first-order valence-corrected chi connectivity index (χ1v) is 8.29. The minimum Gasteiger partial charge on any atom is -0.355 e. The van der Waals surface area contributed by atoms with Crippen LogP contribution in [0.1, 0.15) is 11.1 Å². The van der Waals surface area contributed by atoms with Crippen LogP contribution in [0.15, 0.2) is 66.4 Å². The summed E-state index contributed by atoms with van der Waals surface area (Å²) >= 11 is 0. The minimum absolute atomic E-state index is 0.717. The fourth-order valence-corrected chi connectivity index (χ4v) is 2.57. The lowest BCUT2D eigenvalue weighted by Gasteiger charge is -2.13. The van der Waals surface area contributed by atoms with E-state index in [2.05, 4.69) is 66.9 Å². The van der Waals surface area contributed by atoms with Crippen LogP contribution in [-0.4, -0.2) is 38.9 Å². The largest absolute Gasteiger partial charge is 0.355 e. The first-order chi connectivity index (χ1) is 12.3. The molecule has 0 saturated heterocycles. The van der Waals surface area contributed by atoms with Gasteiger partial charge >= 0.3 is 0 Å². The zero-order chi connectivity index (χ0) is 17.3. The van der Waals surface area contributed by atoms with E-state index in [-0.39, 0.29) is 0 Å². The van der Waals surface area contributed by atoms with Crippen molar-refractivity contribution in [3.63, 3.8) is 0 Å². The highest BCUT2D eigenvalue weighted by Gasteiger charge is 2.01. The number of rotatable bonds is 7. The standard InChI is InChI=1S/C18H23N7/c1-19-18(21-7-10-24-8-2-3-9-24)22-12-16-5-4-6-17(11-16)13-25-15-20-14-23-25/h2-6,8-9,11,14-15H,7,10,12-13H2,1H3,(H2,19,21,22). The van der Waals surface area contributed by atoms with E-state index in [4.69, 9.17) is 0 Å². The molecule has 7 nitrogen and oxygen atoms in total. The van der Waals surface area contributed by atoms with Crippen LogP contribution in [0.4, 0.5) is 0 Å². The molecular weight excluding hydrogens is 314 g/mol. The highest BCUT2D eigenvalue weighted by atomic mass is 15.3. The van der Waals surface area contributed by atoms with Crippen LogP contribution in [0.3, 0.4) is 0 Å². The molecule has 0 aliphatic rings. The maximum absolute atomic E-state index is 4.27. The van der Waals surface area contributed by atoms with E-state index in [1.807, 2.05) is 16.8 Å². The molecule has 3 aromatic rings. The quantitative estimate of drug-likeness (QED) is 0.506. The molecular formula is C18H23N7. The predicted molar refractivity (Wildman–Crippen MR) is 98.2 cm³/mol. The molecule has 25 heavy (non-hydrogen) atoms. The number of guanidine groups is 1. The van der Waals surface area contributed by atoms with Crippen molar-refractivity contribution in [2.45, 2.75) is 19.6 Å². The summed E-state index contributed by atoms with van der Waals surface area (Å²) in [5.41, 5.74) is 2.39. The first-order valence-electron chi connectivity index (χ1n) is 8.29. The van der Waals surface area contributed by atoms with E-state index in [0.717, 1.165) is 25.6 Å². The van der Waals surface area contributed by atoms with Crippen molar-refractivity contribution in [2.24, 2.45) is 4.99 Å². The van der Waals surface area contributed by atoms with Gasteiger partial charge in [0.25, 0.3) is 0 Å². The fourth-order valence-electron chi connectivity index (χ4n) is 2.57. The van der Waals surface area contributed by atoms with Crippen LogP contribution in [0.25, 0.3) is 0 Å². The Morgan fingerprint density at radius 2 is 1.96 bits per heavy atom. The molecule has 7 heteroatoms. The van der Waals surface area contributed by atoms with Crippen LogP contribution in [0, 0.1) is 0 Å². The molecule has 2 heterocycles. The van der Waals surface area contributed by atoms with Gasteiger partial charge in [0, 0.05) is 39.1 Å². The molecule has 0 radical (unpaired) electrons. The Labute approximate surface area is 147 Å². The van der Waals surface area contributed by atoms with Gasteiger partial charge in [0.15, 0.2) is 5.96 Å². The Morgan fingerprint density at radius 1 is 1.12 bits per heavy atom. The summed E-state index contributed by atoms with van der Waals surface area (Å²) in [4.78, 5) is 8.24. The molecule has 0 aliphatic heterocycles. The number of nitrogens with one attached hydrogen (secondary N) is 2. The topological polar surface area (TPSA) is 72.1 Å². The van der Waals surface area contributed by atoms with E-state index in [0.29, 0.717) is 6.54 Å². The number of hydrogen-bond acceptors (Lipinski definition) is 3. The third kappa shape index (κ3) is 5.20. The molecule has 0 amide bonds. The van der Waals surface area contributed by atoms with Crippen molar-refractivity contribution in [1.29, 1.82) is 0 Å².